The largest absolute Gasteiger partial charge is 0.314 e. The van der Waals surface area contributed by atoms with Gasteiger partial charge in [0.1, 0.15) is 0 Å². The summed E-state index contributed by atoms with van der Waals surface area (Å²) in [5, 5.41) is 17.7. The Morgan fingerprint density at radius 1 is 0.529 bits per heavy atom. The Morgan fingerprint density at radius 2 is 0.971 bits per heavy atom. The fourth-order valence-corrected chi connectivity index (χ4v) is 5.83. The first-order chi connectivity index (χ1) is 16.9. The molecule has 2 aromatic carbocycles. The summed E-state index contributed by atoms with van der Waals surface area (Å²) in [5.74, 6) is 0. The topological polar surface area (TPSA) is 48.1 Å². The van der Waals surface area contributed by atoms with Crippen LogP contribution in [0.15, 0.2) is 36.4 Å². The van der Waals surface area contributed by atoms with Gasteiger partial charge in [-0.1, -0.05) is 74.9 Å². The summed E-state index contributed by atoms with van der Waals surface area (Å²) in [6.07, 6.45) is 16.4. The highest BCUT2D eigenvalue weighted by Crippen LogP contribution is 2.23. The summed E-state index contributed by atoms with van der Waals surface area (Å²) in [6.45, 7) is 6.33. The van der Waals surface area contributed by atoms with Crippen molar-refractivity contribution in [1.82, 2.24) is 21.3 Å². The predicted octanol–water partition coefficient (Wildman–Crippen LogP) is 5.64. The van der Waals surface area contributed by atoms with Gasteiger partial charge in [-0.05, 0) is 86.6 Å². The van der Waals surface area contributed by atoms with Crippen LogP contribution in [0.25, 0.3) is 10.8 Å². The van der Waals surface area contributed by atoms with Crippen molar-refractivity contribution in [3.63, 3.8) is 0 Å². The molecule has 0 saturated heterocycles. The van der Waals surface area contributed by atoms with Gasteiger partial charge >= 0.3 is 0 Å². The molecule has 4 nitrogen and oxygen atoms in total. The number of benzene rings is 2. The van der Waals surface area contributed by atoms with Crippen LogP contribution in [-0.2, 0) is 13.1 Å². The van der Waals surface area contributed by atoms with Gasteiger partial charge in [0.05, 0.1) is 0 Å². The first-order valence-corrected chi connectivity index (χ1v) is 14.3. The number of nitrogens with one attached hydrogen (secondary N) is 4. The molecule has 0 atom stereocenters. The van der Waals surface area contributed by atoms with E-state index in [9.17, 15) is 0 Å². The van der Waals surface area contributed by atoms with Gasteiger partial charge in [-0.2, -0.15) is 0 Å². The van der Waals surface area contributed by atoms with Crippen molar-refractivity contribution in [3.05, 3.63) is 47.5 Å². The molecule has 0 radical (unpaired) electrons. The van der Waals surface area contributed by atoms with Gasteiger partial charge in [-0.15, -0.1) is 0 Å². The van der Waals surface area contributed by atoms with E-state index in [1.54, 1.807) is 0 Å². The molecule has 2 saturated carbocycles. The fraction of sp³-hybridized carbons (Fsp3) is 0.667. The van der Waals surface area contributed by atoms with E-state index in [1.165, 1.54) is 98.9 Å². The van der Waals surface area contributed by atoms with Crippen molar-refractivity contribution < 1.29 is 0 Å². The van der Waals surface area contributed by atoms with Gasteiger partial charge in [0.25, 0.3) is 0 Å². The first-order valence-electron chi connectivity index (χ1n) is 14.3. The standard InChI is InChI=1S/C30H48N4/c1-3-11-27(12-4-1)33-21-9-19-31-23-25-17-18-26(30-16-8-7-15-29(25)30)24-32-20-10-22-34-28-13-5-2-6-14-28/h7-8,15-18,27-28,31-34H,1-6,9-14,19-24H2. The zero-order valence-electron chi connectivity index (χ0n) is 21.3. The third kappa shape index (κ3) is 8.34. The summed E-state index contributed by atoms with van der Waals surface area (Å²) < 4.78 is 0. The molecule has 4 N–H and O–H groups in total. The molecule has 0 bridgehead atoms. The maximum absolute atomic E-state index is 3.76. The minimum absolute atomic E-state index is 0.770. The quantitative estimate of drug-likeness (QED) is 0.273. The molecule has 2 aliphatic carbocycles. The smallest absolute Gasteiger partial charge is 0.0211 e. The molecule has 2 aromatic rings. The van der Waals surface area contributed by atoms with Crippen LogP contribution in [0.2, 0.25) is 0 Å². The predicted molar refractivity (Wildman–Crippen MR) is 146 cm³/mol. The molecule has 4 rings (SSSR count). The van der Waals surface area contributed by atoms with Crippen molar-refractivity contribution in [3.8, 4) is 0 Å². The van der Waals surface area contributed by atoms with Crippen LogP contribution in [0.5, 0.6) is 0 Å². The van der Waals surface area contributed by atoms with E-state index in [0.29, 0.717) is 0 Å². The molecular weight excluding hydrogens is 416 g/mol. The Labute approximate surface area is 208 Å². The molecule has 0 spiro atoms. The molecule has 34 heavy (non-hydrogen) atoms. The van der Waals surface area contributed by atoms with Gasteiger partial charge in [-0.25, -0.2) is 0 Å². The molecule has 2 fully saturated rings. The number of hydrogen-bond donors (Lipinski definition) is 4. The van der Waals surface area contributed by atoms with Gasteiger partial charge in [-0.3, -0.25) is 0 Å². The van der Waals surface area contributed by atoms with Crippen LogP contribution in [0.1, 0.15) is 88.2 Å². The second-order valence-electron chi connectivity index (χ2n) is 10.6. The van der Waals surface area contributed by atoms with Crippen LogP contribution < -0.4 is 21.3 Å². The Bertz CT molecular complexity index is 755. The number of rotatable bonds is 14. The molecule has 0 aromatic heterocycles. The maximum Gasteiger partial charge on any atom is 0.0211 e. The van der Waals surface area contributed by atoms with Crippen molar-refractivity contribution in [2.75, 3.05) is 26.2 Å². The molecule has 0 unspecified atom stereocenters. The molecular formula is C30H48N4. The SMILES string of the molecule is c1ccc2c(CNCCCNC3CCCCC3)ccc(CNCCCNC3CCCCC3)c2c1. The summed E-state index contributed by atoms with van der Waals surface area (Å²) in [7, 11) is 0. The van der Waals surface area contributed by atoms with E-state index in [4.69, 9.17) is 0 Å². The number of hydrogen-bond acceptors (Lipinski definition) is 4. The lowest BCUT2D eigenvalue weighted by Gasteiger charge is -2.22. The minimum Gasteiger partial charge on any atom is -0.314 e. The van der Waals surface area contributed by atoms with Crippen LogP contribution in [-0.4, -0.2) is 38.3 Å². The zero-order valence-corrected chi connectivity index (χ0v) is 21.3. The van der Waals surface area contributed by atoms with Crippen molar-refractivity contribution in [1.29, 1.82) is 0 Å². The lowest BCUT2D eigenvalue weighted by atomic mass is 9.95. The monoisotopic (exact) mass is 464 g/mol. The maximum atomic E-state index is 3.76. The molecule has 0 heterocycles. The highest BCUT2D eigenvalue weighted by atomic mass is 14.9. The fourth-order valence-electron chi connectivity index (χ4n) is 5.83. The second kappa shape index (κ2) is 14.8. The lowest BCUT2D eigenvalue weighted by molar-refractivity contribution is 0.371. The van der Waals surface area contributed by atoms with Gasteiger partial charge in [0.15, 0.2) is 0 Å². The molecule has 0 amide bonds. The normalized spacial score (nSPS) is 18.0. The summed E-state index contributed by atoms with van der Waals surface area (Å²) in [4.78, 5) is 0. The lowest BCUT2D eigenvalue weighted by Crippen LogP contribution is -2.33. The molecule has 188 valence electrons. The third-order valence-electron chi connectivity index (χ3n) is 7.87. The van der Waals surface area contributed by atoms with Gasteiger partial charge in [0, 0.05) is 25.2 Å². The van der Waals surface area contributed by atoms with E-state index in [-0.39, 0.29) is 0 Å². The van der Waals surface area contributed by atoms with Crippen molar-refractivity contribution in [2.24, 2.45) is 0 Å². The summed E-state index contributed by atoms with van der Waals surface area (Å²) >= 11 is 0. The Kier molecular flexibility index (Phi) is 11.2. The Morgan fingerprint density at radius 3 is 1.41 bits per heavy atom. The Hall–Kier alpha value is -1.46. The summed E-state index contributed by atoms with van der Waals surface area (Å²) in [6, 6.07) is 15.1. The average molecular weight is 465 g/mol. The average Bonchev–Trinajstić information content (AvgIpc) is 2.90. The highest BCUT2D eigenvalue weighted by molar-refractivity contribution is 5.88. The highest BCUT2D eigenvalue weighted by Gasteiger charge is 2.12. The van der Waals surface area contributed by atoms with E-state index in [1.807, 2.05) is 0 Å². The van der Waals surface area contributed by atoms with Crippen LogP contribution in [0, 0.1) is 0 Å². The van der Waals surface area contributed by atoms with Crippen LogP contribution >= 0.6 is 0 Å². The van der Waals surface area contributed by atoms with Crippen molar-refractivity contribution in [2.45, 2.75) is 102 Å². The second-order valence-corrected chi connectivity index (χ2v) is 10.6. The van der Waals surface area contributed by atoms with Crippen molar-refractivity contribution >= 4 is 10.8 Å². The summed E-state index contributed by atoms with van der Waals surface area (Å²) in [5.41, 5.74) is 2.83. The minimum atomic E-state index is 0.770. The number of fused-ring (bicyclic) bond motifs is 1. The molecule has 4 heteroatoms. The first kappa shape index (κ1) is 25.6. The van der Waals surface area contributed by atoms with Gasteiger partial charge in [0.2, 0.25) is 0 Å². The van der Waals surface area contributed by atoms with E-state index >= 15 is 0 Å². The van der Waals surface area contributed by atoms with E-state index < -0.39 is 0 Å². The van der Waals surface area contributed by atoms with Crippen LogP contribution in [0.3, 0.4) is 0 Å². The van der Waals surface area contributed by atoms with E-state index in [0.717, 1.165) is 51.4 Å². The third-order valence-corrected chi connectivity index (χ3v) is 7.87. The molecule has 2 aliphatic rings. The van der Waals surface area contributed by atoms with E-state index in [2.05, 4.69) is 57.7 Å². The zero-order chi connectivity index (χ0) is 23.3. The van der Waals surface area contributed by atoms with Crippen LogP contribution in [0.4, 0.5) is 0 Å². The molecule has 0 aliphatic heterocycles. The Balaban J connectivity index is 1.15. The van der Waals surface area contributed by atoms with Gasteiger partial charge < -0.3 is 21.3 Å².